The molecule has 1 aliphatic rings. The molecule has 1 heterocycles. The van der Waals surface area contributed by atoms with Gasteiger partial charge in [0.1, 0.15) is 11.9 Å². The summed E-state index contributed by atoms with van der Waals surface area (Å²) in [6.45, 7) is 1.74. The Hall–Kier alpha value is -3.80. The van der Waals surface area contributed by atoms with Crippen molar-refractivity contribution in [3.63, 3.8) is 0 Å². The van der Waals surface area contributed by atoms with Crippen molar-refractivity contribution in [3.05, 3.63) is 111 Å². The van der Waals surface area contributed by atoms with E-state index in [1.807, 2.05) is 60.7 Å². The van der Waals surface area contributed by atoms with Gasteiger partial charge in [0.25, 0.3) is 0 Å². The van der Waals surface area contributed by atoms with E-state index in [1.54, 1.807) is 6.92 Å². The van der Waals surface area contributed by atoms with E-state index < -0.39 is 23.8 Å². The first-order valence-corrected chi connectivity index (χ1v) is 12.0. The number of carboxylic acids is 1. The summed E-state index contributed by atoms with van der Waals surface area (Å²) >= 11 is 5.92. The molecule has 0 saturated heterocycles. The number of carbonyl (C=O) groups is 1. The number of pyridine rings is 1. The van der Waals surface area contributed by atoms with E-state index in [2.05, 4.69) is 23.2 Å². The lowest BCUT2D eigenvalue weighted by Crippen LogP contribution is -2.19. The van der Waals surface area contributed by atoms with Gasteiger partial charge in [0, 0.05) is 5.39 Å². The molecule has 3 aromatic carbocycles. The second-order valence-electron chi connectivity index (χ2n) is 8.83. The molecule has 1 N–H and O–H groups in total. The summed E-state index contributed by atoms with van der Waals surface area (Å²) in [5, 5.41) is 10.1. The van der Waals surface area contributed by atoms with Gasteiger partial charge in [-0.05, 0) is 65.1 Å². The van der Waals surface area contributed by atoms with Gasteiger partial charge < -0.3 is 9.84 Å². The quantitative estimate of drug-likeness (QED) is 0.298. The summed E-state index contributed by atoms with van der Waals surface area (Å²) < 4.78 is 20.0. The minimum absolute atomic E-state index is 0.0403. The molecule has 0 saturated carbocycles. The number of hydrogen-bond donors (Lipinski definition) is 1. The van der Waals surface area contributed by atoms with Gasteiger partial charge in [0.05, 0.1) is 28.8 Å². The van der Waals surface area contributed by atoms with E-state index in [4.69, 9.17) is 16.3 Å². The van der Waals surface area contributed by atoms with Crippen molar-refractivity contribution < 1.29 is 19.0 Å². The number of fused-ring (bicyclic) bond motifs is 3. The Bertz CT molecular complexity index is 1530. The minimum atomic E-state index is -0.890. The number of benzene rings is 3. The molecule has 6 heteroatoms. The van der Waals surface area contributed by atoms with E-state index in [-0.39, 0.29) is 11.6 Å². The van der Waals surface area contributed by atoms with Crippen LogP contribution in [0.4, 0.5) is 4.39 Å². The zero-order valence-corrected chi connectivity index (χ0v) is 20.2. The van der Waals surface area contributed by atoms with Crippen LogP contribution in [0.15, 0.2) is 66.7 Å². The van der Waals surface area contributed by atoms with Crippen molar-refractivity contribution in [2.75, 3.05) is 6.61 Å². The monoisotopic (exact) mass is 499 g/mol. The summed E-state index contributed by atoms with van der Waals surface area (Å²) in [5.74, 6) is -1.98. The maximum atomic E-state index is 13.7. The average Bonchev–Trinajstić information content (AvgIpc) is 3.03. The Morgan fingerprint density at radius 2 is 1.83 bits per heavy atom. The SMILES string of the molecule is C[C@H](COC1c2ccccc2C=Cc2ccc(/C=C/c3ccc4cc(F)c(Cl)cc4n3)cc21)C(=O)O. The van der Waals surface area contributed by atoms with Crippen molar-refractivity contribution in [1.29, 1.82) is 0 Å². The van der Waals surface area contributed by atoms with Crippen LogP contribution >= 0.6 is 11.6 Å². The largest absolute Gasteiger partial charge is 0.481 e. The van der Waals surface area contributed by atoms with E-state index in [0.717, 1.165) is 27.8 Å². The molecule has 4 nitrogen and oxygen atoms in total. The zero-order chi connectivity index (χ0) is 25.2. The van der Waals surface area contributed by atoms with Gasteiger partial charge in [0.15, 0.2) is 0 Å². The van der Waals surface area contributed by atoms with Crippen LogP contribution in [0.5, 0.6) is 0 Å². The van der Waals surface area contributed by atoms with E-state index in [0.29, 0.717) is 16.6 Å². The van der Waals surface area contributed by atoms with Crippen LogP contribution in [-0.4, -0.2) is 22.7 Å². The molecule has 1 aromatic heterocycles. The first-order valence-electron chi connectivity index (χ1n) is 11.6. The molecule has 180 valence electrons. The third kappa shape index (κ3) is 4.94. The number of rotatable bonds is 6. The smallest absolute Gasteiger partial charge is 0.308 e. The average molecular weight is 500 g/mol. The van der Waals surface area contributed by atoms with Crippen LogP contribution in [0.1, 0.15) is 46.5 Å². The Morgan fingerprint density at radius 1 is 1.06 bits per heavy atom. The van der Waals surface area contributed by atoms with Crippen LogP contribution in [0.2, 0.25) is 5.02 Å². The molecule has 2 atom stereocenters. The third-order valence-electron chi connectivity index (χ3n) is 6.25. The summed E-state index contributed by atoms with van der Waals surface area (Å²) in [6.07, 6.45) is 7.55. The molecule has 5 rings (SSSR count). The second kappa shape index (κ2) is 10.1. The Balaban J connectivity index is 1.49. The van der Waals surface area contributed by atoms with Gasteiger partial charge >= 0.3 is 5.97 Å². The second-order valence-corrected chi connectivity index (χ2v) is 9.24. The van der Waals surface area contributed by atoms with Gasteiger partial charge in [0.2, 0.25) is 0 Å². The maximum Gasteiger partial charge on any atom is 0.308 e. The lowest BCUT2D eigenvalue weighted by Gasteiger charge is -2.22. The number of carboxylic acid groups (broad SMARTS) is 1. The Kier molecular flexibility index (Phi) is 6.68. The van der Waals surface area contributed by atoms with Crippen LogP contribution in [-0.2, 0) is 9.53 Å². The first kappa shape index (κ1) is 23.9. The summed E-state index contributed by atoms with van der Waals surface area (Å²) in [7, 11) is 0. The Labute approximate surface area is 213 Å². The molecule has 0 fully saturated rings. The van der Waals surface area contributed by atoms with Crippen molar-refractivity contribution in [2.45, 2.75) is 13.0 Å². The lowest BCUT2D eigenvalue weighted by atomic mass is 9.94. The van der Waals surface area contributed by atoms with Gasteiger partial charge in [-0.1, -0.05) is 72.3 Å². The van der Waals surface area contributed by atoms with E-state index >= 15 is 0 Å². The van der Waals surface area contributed by atoms with Gasteiger partial charge in [-0.2, -0.15) is 0 Å². The number of aliphatic carboxylic acids is 1. The van der Waals surface area contributed by atoms with Gasteiger partial charge in [-0.3, -0.25) is 4.79 Å². The molecule has 4 aromatic rings. The summed E-state index contributed by atoms with van der Waals surface area (Å²) in [5.41, 5.74) is 6.28. The summed E-state index contributed by atoms with van der Waals surface area (Å²) in [4.78, 5) is 16.0. The van der Waals surface area contributed by atoms with Crippen LogP contribution < -0.4 is 0 Å². The highest BCUT2D eigenvalue weighted by Crippen LogP contribution is 2.36. The van der Waals surface area contributed by atoms with E-state index in [1.165, 1.54) is 12.1 Å². The highest BCUT2D eigenvalue weighted by Gasteiger charge is 2.24. The van der Waals surface area contributed by atoms with Crippen molar-refractivity contribution in [1.82, 2.24) is 4.98 Å². The molecule has 0 bridgehead atoms. The number of aromatic nitrogens is 1. The first-order chi connectivity index (χ1) is 17.4. The molecule has 36 heavy (non-hydrogen) atoms. The summed E-state index contributed by atoms with van der Waals surface area (Å²) in [6, 6.07) is 20.6. The highest BCUT2D eigenvalue weighted by atomic mass is 35.5. The molecular formula is C30H23ClFNO3. The predicted molar refractivity (Wildman–Crippen MR) is 142 cm³/mol. The zero-order valence-electron chi connectivity index (χ0n) is 19.5. The topological polar surface area (TPSA) is 59.4 Å². The van der Waals surface area contributed by atoms with Crippen LogP contribution in [0, 0.1) is 11.7 Å². The van der Waals surface area contributed by atoms with E-state index in [9.17, 15) is 14.3 Å². The predicted octanol–water partition coefficient (Wildman–Crippen LogP) is 7.51. The maximum absolute atomic E-state index is 13.7. The Morgan fingerprint density at radius 3 is 2.64 bits per heavy atom. The minimum Gasteiger partial charge on any atom is -0.481 e. The van der Waals surface area contributed by atoms with Gasteiger partial charge in [-0.15, -0.1) is 0 Å². The fourth-order valence-corrected chi connectivity index (χ4v) is 4.38. The fourth-order valence-electron chi connectivity index (χ4n) is 4.22. The molecule has 1 unspecified atom stereocenters. The van der Waals surface area contributed by atoms with Crippen molar-refractivity contribution >= 4 is 52.8 Å². The molecule has 0 radical (unpaired) electrons. The highest BCUT2D eigenvalue weighted by molar-refractivity contribution is 6.31. The van der Waals surface area contributed by atoms with Gasteiger partial charge in [-0.25, -0.2) is 9.37 Å². The van der Waals surface area contributed by atoms with Crippen molar-refractivity contribution in [3.8, 4) is 0 Å². The third-order valence-corrected chi connectivity index (χ3v) is 6.54. The van der Waals surface area contributed by atoms with Crippen LogP contribution in [0.25, 0.3) is 35.2 Å². The fraction of sp³-hybridized carbons (Fsp3) is 0.133. The number of halogens is 2. The number of nitrogens with zero attached hydrogens (tertiary/aromatic N) is 1. The lowest BCUT2D eigenvalue weighted by molar-refractivity contribution is -0.143. The standard InChI is InChI=1S/C30H23ClFNO3/c1-18(30(34)35)17-36-29-24-5-3-2-4-20(24)9-10-21-8-6-19(14-25(21)29)7-12-23-13-11-22-15-27(32)26(31)16-28(22)33-23/h2-16,18,29H,17H2,1H3,(H,34,35)/b12-7+/t18-,29?/m1/s1. The van der Waals surface area contributed by atoms with Crippen LogP contribution in [0.3, 0.4) is 0 Å². The molecule has 0 amide bonds. The molecule has 0 aliphatic heterocycles. The molecule has 1 aliphatic carbocycles. The number of hydrogen-bond acceptors (Lipinski definition) is 3. The molecule has 0 spiro atoms. The molecular weight excluding hydrogens is 477 g/mol. The van der Waals surface area contributed by atoms with Crippen molar-refractivity contribution in [2.24, 2.45) is 5.92 Å². The number of ether oxygens (including phenoxy) is 1. The normalized spacial score (nSPS) is 15.5.